The topological polar surface area (TPSA) is 26.0 Å². The highest BCUT2D eigenvalue weighted by Crippen LogP contribution is 2.28. The van der Waals surface area contributed by atoms with Crippen molar-refractivity contribution in [3.8, 4) is 0 Å². The summed E-state index contributed by atoms with van der Waals surface area (Å²) in [5, 5.41) is 0. The molecule has 0 aliphatic heterocycles. The predicted octanol–water partition coefficient (Wildman–Crippen LogP) is 3.83. The lowest BCUT2D eigenvalue weighted by molar-refractivity contribution is 0.329. The van der Waals surface area contributed by atoms with E-state index in [2.05, 4.69) is 13.8 Å². The summed E-state index contributed by atoms with van der Waals surface area (Å²) in [5.41, 5.74) is 6.98. The Morgan fingerprint density at radius 3 is 2.12 bits per heavy atom. The normalized spacial score (nSPS) is 15.1. The minimum atomic E-state index is -0.357. The smallest absolute Gasteiger partial charge is 0.123 e. The molecule has 16 heavy (non-hydrogen) atoms. The van der Waals surface area contributed by atoms with E-state index in [0.29, 0.717) is 5.92 Å². The quantitative estimate of drug-likeness (QED) is 0.806. The van der Waals surface area contributed by atoms with Crippen LogP contribution in [0.1, 0.15) is 45.6 Å². The van der Waals surface area contributed by atoms with Crippen LogP contribution in [0.4, 0.5) is 4.39 Å². The zero-order chi connectivity index (χ0) is 12.2. The van der Waals surface area contributed by atoms with Crippen molar-refractivity contribution in [1.82, 2.24) is 0 Å². The first-order valence-electron chi connectivity index (χ1n) is 6.04. The molecule has 1 nitrogen and oxygen atoms in total. The fraction of sp³-hybridized carbons (Fsp3) is 0.571. The van der Waals surface area contributed by atoms with Crippen LogP contribution in [0.2, 0.25) is 0 Å². The Hall–Kier alpha value is -0.890. The minimum Gasteiger partial charge on any atom is -0.322 e. The van der Waals surface area contributed by atoms with Crippen LogP contribution in [0.25, 0.3) is 0 Å². The van der Waals surface area contributed by atoms with E-state index in [-0.39, 0.29) is 11.4 Å². The van der Waals surface area contributed by atoms with E-state index >= 15 is 0 Å². The van der Waals surface area contributed by atoms with Gasteiger partial charge in [-0.25, -0.2) is 4.39 Å². The second-order valence-corrected chi connectivity index (χ2v) is 4.81. The molecular weight excluding hydrogens is 201 g/mol. The Morgan fingerprint density at radius 1 is 1.19 bits per heavy atom. The van der Waals surface area contributed by atoms with E-state index in [1.165, 1.54) is 12.1 Å². The molecule has 0 heterocycles. The molecule has 0 bridgehead atoms. The molecule has 0 aliphatic carbocycles. The van der Waals surface area contributed by atoms with Gasteiger partial charge < -0.3 is 5.73 Å². The van der Waals surface area contributed by atoms with Crippen molar-refractivity contribution < 1.29 is 4.39 Å². The van der Waals surface area contributed by atoms with E-state index in [1.54, 1.807) is 12.1 Å². The lowest BCUT2D eigenvalue weighted by Gasteiger charge is -2.29. The molecule has 1 aromatic rings. The SMILES string of the molecule is CCC(CC)CC(C)(N)c1ccc(F)cc1. The average Bonchev–Trinajstić information content (AvgIpc) is 2.26. The van der Waals surface area contributed by atoms with Crippen molar-refractivity contribution in [1.29, 1.82) is 0 Å². The summed E-state index contributed by atoms with van der Waals surface area (Å²) in [6.45, 7) is 6.41. The van der Waals surface area contributed by atoms with Gasteiger partial charge in [-0.2, -0.15) is 0 Å². The van der Waals surface area contributed by atoms with Crippen LogP contribution in [0.3, 0.4) is 0 Å². The summed E-state index contributed by atoms with van der Waals surface area (Å²) in [6, 6.07) is 6.54. The molecule has 2 heteroatoms. The lowest BCUT2D eigenvalue weighted by atomic mass is 9.82. The highest BCUT2D eigenvalue weighted by molar-refractivity contribution is 5.23. The Kier molecular flexibility index (Phi) is 4.48. The van der Waals surface area contributed by atoms with E-state index < -0.39 is 0 Å². The first-order valence-corrected chi connectivity index (χ1v) is 6.04. The maximum atomic E-state index is 12.8. The van der Waals surface area contributed by atoms with Gasteiger partial charge in [0.2, 0.25) is 0 Å². The molecule has 0 fully saturated rings. The van der Waals surface area contributed by atoms with Gasteiger partial charge >= 0.3 is 0 Å². The number of benzene rings is 1. The third-order valence-electron chi connectivity index (χ3n) is 3.37. The zero-order valence-electron chi connectivity index (χ0n) is 10.5. The van der Waals surface area contributed by atoms with Gasteiger partial charge in [-0.1, -0.05) is 38.8 Å². The summed E-state index contributed by atoms with van der Waals surface area (Å²) < 4.78 is 12.8. The molecule has 0 radical (unpaired) electrons. The molecule has 0 saturated heterocycles. The Balaban J connectivity index is 2.80. The van der Waals surface area contributed by atoms with Crippen LogP contribution in [0.5, 0.6) is 0 Å². The van der Waals surface area contributed by atoms with Crippen molar-refractivity contribution >= 4 is 0 Å². The van der Waals surface area contributed by atoms with Gasteiger partial charge in [0.1, 0.15) is 5.82 Å². The molecule has 0 saturated carbocycles. The van der Waals surface area contributed by atoms with Gasteiger partial charge in [0, 0.05) is 5.54 Å². The van der Waals surface area contributed by atoms with E-state index in [1.807, 2.05) is 6.92 Å². The minimum absolute atomic E-state index is 0.206. The Bertz CT molecular complexity index is 312. The highest BCUT2D eigenvalue weighted by Gasteiger charge is 2.24. The van der Waals surface area contributed by atoms with Gasteiger partial charge in [0.15, 0.2) is 0 Å². The van der Waals surface area contributed by atoms with Gasteiger partial charge in [0.05, 0.1) is 0 Å². The summed E-state index contributed by atoms with van der Waals surface area (Å²) in [5.74, 6) is 0.433. The second kappa shape index (κ2) is 5.44. The third-order valence-corrected chi connectivity index (χ3v) is 3.37. The molecule has 1 unspecified atom stereocenters. The van der Waals surface area contributed by atoms with Gasteiger partial charge in [-0.15, -0.1) is 0 Å². The molecule has 90 valence electrons. The van der Waals surface area contributed by atoms with Crippen molar-refractivity contribution in [2.45, 2.75) is 45.6 Å². The highest BCUT2D eigenvalue weighted by atomic mass is 19.1. The molecule has 1 rings (SSSR count). The molecule has 0 aromatic heterocycles. The monoisotopic (exact) mass is 223 g/mol. The van der Waals surface area contributed by atoms with Gasteiger partial charge in [0.25, 0.3) is 0 Å². The molecule has 2 N–H and O–H groups in total. The summed E-state index contributed by atoms with van der Waals surface area (Å²) in [6.07, 6.45) is 3.24. The summed E-state index contributed by atoms with van der Waals surface area (Å²) >= 11 is 0. The Morgan fingerprint density at radius 2 is 1.69 bits per heavy atom. The number of rotatable bonds is 5. The van der Waals surface area contributed by atoms with Crippen LogP contribution >= 0.6 is 0 Å². The van der Waals surface area contributed by atoms with E-state index in [0.717, 1.165) is 24.8 Å². The number of halogens is 1. The molecule has 0 spiro atoms. The predicted molar refractivity (Wildman–Crippen MR) is 66.6 cm³/mol. The number of hydrogen-bond donors (Lipinski definition) is 1. The zero-order valence-corrected chi connectivity index (χ0v) is 10.5. The Labute approximate surface area is 97.9 Å². The maximum absolute atomic E-state index is 12.8. The maximum Gasteiger partial charge on any atom is 0.123 e. The fourth-order valence-corrected chi connectivity index (χ4v) is 2.13. The standard InChI is InChI=1S/C14H22FN/c1-4-11(5-2)10-14(3,16)12-6-8-13(15)9-7-12/h6-9,11H,4-5,10,16H2,1-3H3. The van der Waals surface area contributed by atoms with Gasteiger partial charge in [-0.3, -0.25) is 0 Å². The lowest BCUT2D eigenvalue weighted by Crippen LogP contribution is -2.35. The first kappa shape index (κ1) is 13.2. The van der Waals surface area contributed by atoms with Crippen molar-refractivity contribution in [2.24, 2.45) is 11.7 Å². The summed E-state index contributed by atoms with van der Waals surface area (Å²) in [4.78, 5) is 0. The molecule has 1 aromatic carbocycles. The second-order valence-electron chi connectivity index (χ2n) is 4.81. The van der Waals surface area contributed by atoms with Gasteiger partial charge in [-0.05, 0) is 37.0 Å². The molecule has 0 aliphatic rings. The number of hydrogen-bond acceptors (Lipinski definition) is 1. The number of nitrogens with two attached hydrogens (primary N) is 1. The van der Waals surface area contributed by atoms with Crippen LogP contribution < -0.4 is 5.73 Å². The average molecular weight is 223 g/mol. The summed E-state index contributed by atoms with van der Waals surface area (Å²) in [7, 11) is 0. The van der Waals surface area contributed by atoms with Crippen molar-refractivity contribution in [2.75, 3.05) is 0 Å². The first-order chi connectivity index (χ1) is 7.49. The fourth-order valence-electron chi connectivity index (χ4n) is 2.13. The molecule has 0 amide bonds. The van der Waals surface area contributed by atoms with Crippen molar-refractivity contribution in [3.63, 3.8) is 0 Å². The molecular formula is C14H22FN. The van der Waals surface area contributed by atoms with Crippen molar-refractivity contribution in [3.05, 3.63) is 35.6 Å². The molecule has 1 atom stereocenters. The van der Waals surface area contributed by atoms with E-state index in [4.69, 9.17) is 5.73 Å². The van der Waals surface area contributed by atoms with Crippen LogP contribution in [-0.4, -0.2) is 0 Å². The van der Waals surface area contributed by atoms with Crippen LogP contribution in [-0.2, 0) is 5.54 Å². The third kappa shape index (κ3) is 3.31. The van der Waals surface area contributed by atoms with Crippen LogP contribution in [0.15, 0.2) is 24.3 Å². The van der Waals surface area contributed by atoms with Crippen LogP contribution in [0, 0.1) is 11.7 Å². The largest absolute Gasteiger partial charge is 0.322 e. The van der Waals surface area contributed by atoms with E-state index in [9.17, 15) is 4.39 Å².